The monoisotopic (exact) mass is 435 g/mol. The SMILES string of the molecule is CCCC[C@@H](O)CN(Cc1c(-c2ccccc2)nn(C)c1Oc1ccccc1)CC(C)C. The van der Waals surface area contributed by atoms with E-state index in [1.54, 1.807) is 0 Å². The van der Waals surface area contributed by atoms with Crippen molar-refractivity contribution < 1.29 is 9.84 Å². The molecule has 0 fully saturated rings. The second-order valence-electron chi connectivity index (χ2n) is 8.92. The standard InChI is InChI=1S/C27H37N3O2/c1-5-6-15-23(31)19-30(18-21(2)3)20-25-26(22-13-9-7-10-14-22)28-29(4)27(25)32-24-16-11-8-12-17-24/h7-14,16-17,21,23,31H,5-6,15,18-20H2,1-4H3/t23-/m1/s1. The number of hydrogen-bond donors (Lipinski definition) is 1. The maximum absolute atomic E-state index is 10.6. The fraction of sp³-hybridized carbons (Fsp3) is 0.444. The van der Waals surface area contributed by atoms with Crippen LogP contribution >= 0.6 is 0 Å². The van der Waals surface area contributed by atoms with E-state index in [1.807, 2.05) is 60.3 Å². The van der Waals surface area contributed by atoms with Gasteiger partial charge in [-0.3, -0.25) is 4.90 Å². The predicted molar refractivity (Wildman–Crippen MR) is 131 cm³/mol. The van der Waals surface area contributed by atoms with Gasteiger partial charge in [-0.25, -0.2) is 4.68 Å². The number of aromatic nitrogens is 2. The zero-order valence-corrected chi connectivity index (χ0v) is 19.9. The Kier molecular flexibility index (Phi) is 8.89. The maximum Gasteiger partial charge on any atom is 0.222 e. The first-order valence-corrected chi connectivity index (χ1v) is 11.7. The van der Waals surface area contributed by atoms with Gasteiger partial charge in [-0.15, -0.1) is 0 Å². The van der Waals surface area contributed by atoms with Crippen LogP contribution in [0.4, 0.5) is 0 Å². The van der Waals surface area contributed by atoms with Crippen LogP contribution in [-0.4, -0.2) is 39.0 Å². The van der Waals surface area contributed by atoms with Crippen molar-refractivity contribution in [3.8, 4) is 22.9 Å². The van der Waals surface area contributed by atoms with E-state index < -0.39 is 0 Å². The summed E-state index contributed by atoms with van der Waals surface area (Å²) in [5.41, 5.74) is 3.04. The third kappa shape index (κ3) is 6.68. The van der Waals surface area contributed by atoms with Crippen LogP contribution in [0.2, 0.25) is 0 Å². The Hall–Kier alpha value is -2.63. The quantitative estimate of drug-likeness (QED) is 0.385. The molecule has 0 radical (unpaired) electrons. The summed E-state index contributed by atoms with van der Waals surface area (Å²) in [7, 11) is 1.93. The summed E-state index contributed by atoms with van der Waals surface area (Å²) in [5.74, 6) is 2.02. The number of rotatable bonds is 12. The fourth-order valence-corrected chi connectivity index (χ4v) is 4.02. The second kappa shape index (κ2) is 11.8. The summed E-state index contributed by atoms with van der Waals surface area (Å²) in [6.07, 6.45) is 2.64. The van der Waals surface area contributed by atoms with Crippen molar-refractivity contribution in [3.05, 3.63) is 66.2 Å². The summed E-state index contributed by atoms with van der Waals surface area (Å²) in [5, 5.41) is 15.5. The van der Waals surface area contributed by atoms with Crippen LogP contribution in [0.1, 0.15) is 45.6 Å². The highest BCUT2D eigenvalue weighted by atomic mass is 16.5. The number of benzene rings is 2. The minimum Gasteiger partial charge on any atom is -0.439 e. The van der Waals surface area contributed by atoms with Gasteiger partial charge in [0.15, 0.2) is 0 Å². The van der Waals surface area contributed by atoms with Gasteiger partial charge in [0.05, 0.1) is 11.7 Å². The molecule has 0 aliphatic carbocycles. The molecule has 0 aliphatic rings. The van der Waals surface area contributed by atoms with Gasteiger partial charge in [-0.1, -0.05) is 82.1 Å². The van der Waals surface area contributed by atoms with Crippen molar-refractivity contribution in [2.45, 2.75) is 52.7 Å². The Morgan fingerprint density at radius 3 is 2.28 bits per heavy atom. The van der Waals surface area contributed by atoms with E-state index in [4.69, 9.17) is 9.84 Å². The first kappa shape index (κ1) is 24.0. The Balaban J connectivity index is 1.96. The molecule has 172 valence electrons. The van der Waals surface area contributed by atoms with Gasteiger partial charge < -0.3 is 9.84 Å². The molecule has 0 bridgehead atoms. The van der Waals surface area contributed by atoms with E-state index in [1.165, 1.54) is 0 Å². The summed E-state index contributed by atoms with van der Waals surface area (Å²) in [6, 6.07) is 20.1. The minimum atomic E-state index is -0.330. The molecule has 1 N–H and O–H groups in total. The van der Waals surface area contributed by atoms with E-state index in [9.17, 15) is 5.11 Å². The van der Waals surface area contributed by atoms with Crippen molar-refractivity contribution in [1.82, 2.24) is 14.7 Å². The summed E-state index contributed by atoms with van der Waals surface area (Å²) in [4.78, 5) is 2.34. The molecular weight excluding hydrogens is 398 g/mol. The molecule has 5 nitrogen and oxygen atoms in total. The second-order valence-corrected chi connectivity index (χ2v) is 8.92. The van der Waals surface area contributed by atoms with Gasteiger partial charge in [0.25, 0.3) is 0 Å². The molecule has 3 rings (SSSR count). The Bertz CT molecular complexity index is 938. The Labute approximate surface area is 192 Å². The average molecular weight is 436 g/mol. The number of para-hydroxylation sites is 1. The van der Waals surface area contributed by atoms with Crippen LogP contribution in [-0.2, 0) is 13.6 Å². The zero-order chi connectivity index (χ0) is 22.9. The van der Waals surface area contributed by atoms with E-state index in [0.29, 0.717) is 19.0 Å². The normalized spacial score (nSPS) is 12.5. The van der Waals surface area contributed by atoms with Gasteiger partial charge in [-0.05, 0) is 24.5 Å². The van der Waals surface area contributed by atoms with Gasteiger partial charge in [0, 0.05) is 32.2 Å². The van der Waals surface area contributed by atoms with E-state index in [-0.39, 0.29) is 6.10 Å². The maximum atomic E-state index is 10.6. The molecule has 2 aromatic carbocycles. The van der Waals surface area contributed by atoms with Crippen molar-refractivity contribution in [3.63, 3.8) is 0 Å². The zero-order valence-electron chi connectivity index (χ0n) is 19.9. The lowest BCUT2D eigenvalue weighted by molar-refractivity contribution is 0.0929. The molecule has 0 spiro atoms. The molecule has 0 amide bonds. The van der Waals surface area contributed by atoms with Gasteiger partial charge in [0.2, 0.25) is 5.88 Å². The summed E-state index contributed by atoms with van der Waals surface area (Å²) < 4.78 is 8.15. The van der Waals surface area contributed by atoms with Gasteiger partial charge in [0.1, 0.15) is 11.4 Å². The molecule has 1 aromatic heterocycles. The van der Waals surface area contributed by atoms with Crippen LogP contribution in [0.15, 0.2) is 60.7 Å². The first-order valence-electron chi connectivity index (χ1n) is 11.7. The van der Waals surface area contributed by atoms with Crippen molar-refractivity contribution >= 4 is 0 Å². The van der Waals surface area contributed by atoms with E-state index >= 15 is 0 Å². The molecular formula is C27H37N3O2. The number of hydrogen-bond acceptors (Lipinski definition) is 4. The number of ether oxygens (including phenoxy) is 1. The highest BCUT2D eigenvalue weighted by Crippen LogP contribution is 2.34. The molecule has 32 heavy (non-hydrogen) atoms. The minimum absolute atomic E-state index is 0.330. The molecule has 5 heteroatoms. The molecule has 1 atom stereocenters. The van der Waals surface area contributed by atoms with Crippen molar-refractivity contribution in [2.24, 2.45) is 13.0 Å². The van der Waals surface area contributed by atoms with Crippen LogP contribution in [0.25, 0.3) is 11.3 Å². The third-order valence-electron chi connectivity index (χ3n) is 5.46. The topological polar surface area (TPSA) is 50.5 Å². The molecule has 0 saturated heterocycles. The lowest BCUT2D eigenvalue weighted by atomic mass is 10.1. The van der Waals surface area contributed by atoms with Crippen molar-refractivity contribution in [1.29, 1.82) is 0 Å². The number of unbranched alkanes of at least 4 members (excludes halogenated alkanes) is 1. The molecule has 0 saturated carbocycles. The molecule has 0 aliphatic heterocycles. The number of aliphatic hydroxyl groups is 1. The average Bonchev–Trinajstić information content (AvgIpc) is 3.08. The van der Waals surface area contributed by atoms with Crippen LogP contribution in [0.5, 0.6) is 11.6 Å². The lowest BCUT2D eigenvalue weighted by Gasteiger charge is -2.27. The fourth-order valence-electron chi connectivity index (χ4n) is 4.02. The summed E-state index contributed by atoms with van der Waals surface area (Å²) in [6.45, 7) is 8.81. The number of aryl methyl sites for hydroxylation is 1. The van der Waals surface area contributed by atoms with E-state index in [0.717, 1.165) is 54.3 Å². The van der Waals surface area contributed by atoms with Gasteiger partial charge in [-0.2, -0.15) is 5.10 Å². The van der Waals surface area contributed by atoms with Crippen LogP contribution < -0.4 is 4.74 Å². The largest absolute Gasteiger partial charge is 0.439 e. The molecule has 1 heterocycles. The van der Waals surface area contributed by atoms with Crippen LogP contribution in [0, 0.1) is 5.92 Å². The van der Waals surface area contributed by atoms with Crippen molar-refractivity contribution in [2.75, 3.05) is 13.1 Å². The lowest BCUT2D eigenvalue weighted by Crippen LogP contribution is -2.35. The predicted octanol–water partition coefficient (Wildman–Crippen LogP) is 5.89. The summed E-state index contributed by atoms with van der Waals surface area (Å²) >= 11 is 0. The third-order valence-corrected chi connectivity index (χ3v) is 5.46. The highest BCUT2D eigenvalue weighted by Gasteiger charge is 2.23. The van der Waals surface area contributed by atoms with E-state index in [2.05, 4.69) is 37.8 Å². The first-order chi connectivity index (χ1) is 15.5. The Morgan fingerprint density at radius 1 is 1.00 bits per heavy atom. The number of aliphatic hydroxyl groups excluding tert-OH is 1. The molecule has 0 unspecified atom stereocenters. The number of nitrogens with zero attached hydrogens (tertiary/aromatic N) is 3. The Morgan fingerprint density at radius 2 is 1.66 bits per heavy atom. The smallest absolute Gasteiger partial charge is 0.222 e. The molecule has 3 aromatic rings. The van der Waals surface area contributed by atoms with Gasteiger partial charge >= 0.3 is 0 Å². The van der Waals surface area contributed by atoms with Crippen LogP contribution in [0.3, 0.4) is 0 Å². The highest BCUT2D eigenvalue weighted by molar-refractivity contribution is 5.65.